The van der Waals surface area contributed by atoms with Crippen LogP contribution in [0.25, 0.3) is 0 Å². The second-order valence-electron chi connectivity index (χ2n) is 4.58. The molecular formula is C11H19N3O5. The molecule has 0 bridgehead atoms. The highest BCUT2D eigenvalue weighted by molar-refractivity contribution is 5.86. The second kappa shape index (κ2) is 6.93. The summed E-state index contributed by atoms with van der Waals surface area (Å²) in [6.45, 7) is 2.63. The van der Waals surface area contributed by atoms with Crippen molar-refractivity contribution in [2.24, 2.45) is 0 Å². The van der Waals surface area contributed by atoms with Gasteiger partial charge in [-0.25, -0.2) is 9.59 Å². The Morgan fingerprint density at radius 2 is 1.84 bits per heavy atom. The summed E-state index contributed by atoms with van der Waals surface area (Å²) in [5.41, 5.74) is 0. The lowest BCUT2D eigenvalue weighted by Gasteiger charge is -2.23. The molecule has 19 heavy (non-hydrogen) atoms. The minimum Gasteiger partial charge on any atom is -0.481 e. The number of carboxylic acid groups (broad SMARTS) is 2. The van der Waals surface area contributed by atoms with Crippen molar-refractivity contribution in [3.05, 3.63) is 0 Å². The van der Waals surface area contributed by atoms with Gasteiger partial charge in [-0.3, -0.25) is 4.79 Å². The van der Waals surface area contributed by atoms with Gasteiger partial charge in [-0.05, 0) is 20.0 Å². The highest BCUT2D eigenvalue weighted by Gasteiger charge is 2.26. The van der Waals surface area contributed by atoms with Crippen molar-refractivity contribution in [2.75, 3.05) is 33.2 Å². The molecule has 0 radical (unpaired) electrons. The van der Waals surface area contributed by atoms with E-state index in [1.54, 1.807) is 0 Å². The van der Waals surface area contributed by atoms with Crippen LogP contribution in [0.2, 0.25) is 0 Å². The summed E-state index contributed by atoms with van der Waals surface area (Å²) >= 11 is 0. The minimum absolute atomic E-state index is 0.502. The molecule has 0 aromatic carbocycles. The number of likely N-dealkylation sites (N-methyl/N-ethyl adjacent to an activating group) is 1. The number of nitrogens with one attached hydrogen (secondary N) is 1. The van der Waals surface area contributed by atoms with Crippen LogP contribution in [0.15, 0.2) is 0 Å². The van der Waals surface area contributed by atoms with E-state index >= 15 is 0 Å². The first-order valence-electron chi connectivity index (χ1n) is 6.08. The van der Waals surface area contributed by atoms with Gasteiger partial charge in [-0.15, -0.1) is 0 Å². The van der Waals surface area contributed by atoms with Crippen LogP contribution in [0.5, 0.6) is 0 Å². The predicted molar refractivity (Wildman–Crippen MR) is 65.9 cm³/mol. The zero-order valence-electron chi connectivity index (χ0n) is 10.8. The van der Waals surface area contributed by atoms with Crippen LogP contribution in [0, 0.1) is 0 Å². The van der Waals surface area contributed by atoms with Gasteiger partial charge in [0.2, 0.25) is 0 Å². The van der Waals surface area contributed by atoms with Crippen LogP contribution in [-0.4, -0.2) is 77.3 Å². The summed E-state index contributed by atoms with van der Waals surface area (Å²) in [4.78, 5) is 36.9. The Bertz CT molecular complexity index is 360. The Balaban J connectivity index is 2.55. The quantitative estimate of drug-likeness (QED) is 0.622. The SMILES string of the molecule is CN1CCCN(C(=O)N[C@H](CC(=O)O)C(=O)O)CC1. The first kappa shape index (κ1) is 15.2. The lowest BCUT2D eigenvalue weighted by atomic mass is 10.2. The fourth-order valence-electron chi connectivity index (χ4n) is 1.86. The van der Waals surface area contributed by atoms with Crippen LogP contribution < -0.4 is 5.32 Å². The number of carbonyl (C=O) groups is 3. The van der Waals surface area contributed by atoms with Crippen molar-refractivity contribution < 1.29 is 24.6 Å². The summed E-state index contributed by atoms with van der Waals surface area (Å²) in [6, 6.07) is -1.92. The van der Waals surface area contributed by atoms with Crippen LogP contribution in [0.3, 0.4) is 0 Å². The number of hydrogen-bond acceptors (Lipinski definition) is 4. The molecule has 108 valence electrons. The number of urea groups is 1. The van der Waals surface area contributed by atoms with Crippen molar-refractivity contribution in [2.45, 2.75) is 18.9 Å². The molecule has 1 aliphatic heterocycles. The molecule has 1 atom stereocenters. The fraction of sp³-hybridized carbons (Fsp3) is 0.727. The lowest BCUT2D eigenvalue weighted by Crippen LogP contribution is -2.49. The van der Waals surface area contributed by atoms with Gasteiger partial charge in [0.05, 0.1) is 6.42 Å². The van der Waals surface area contributed by atoms with Gasteiger partial charge in [0.1, 0.15) is 6.04 Å². The molecule has 1 heterocycles. The molecule has 3 N–H and O–H groups in total. The van der Waals surface area contributed by atoms with E-state index in [-0.39, 0.29) is 0 Å². The third-order valence-corrected chi connectivity index (χ3v) is 2.98. The molecule has 0 aliphatic carbocycles. The third kappa shape index (κ3) is 5.12. The molecule has 1 rings (SSSR count). The first-order chi connectivity index (χ1) is 8.90. The molecule has 0 unspecified atom stereocenters. The van der Waals surface area contributed by atoms with Gasteiger partial charge >= 0.3 is 18.0 Å². The smallest absolute Gasteiger partial charge is 0.326 e. The average Bonchev–Trinajstić information content (AvgIpc) is 2.52. The Morgan fingerprint density at radius 1 is 1.16 bits per heavy atom. The summed E-state index contributed by atoms with van der Waals surface area (Å²) in [7, 11) is 1.95. The van der Waals surface area contributed by atoms with Gasteiger partial charge in [0.15, 0.2) is 0 Å². The number of carboxylic acids is 2. The van der Waals surface area contributed by atoms with Gasteiger partial charge in [-0.2, -0.15) is 0 Å². The van der Waals surface area contributed by atoms with E-state index in [1.807, 2.05) is 7.05 Å². The van der Waals surface area contributed by atoms with Crippen molar-refractivity contribution in [1.82, 2.24) is 15.1 Å². The number of rotatable bonds is 4. The molecule has 2 amide bonds. The predicted octanol–water partition coefficient (Wildman–Crippen LogP) is -0.739. The lowest BCUT2D eigenvalue weighted by molar-refractivity contribution is -0.145. The first-order valence-corrected chi connectivity index (χ1v) is 6.08. The molecule has 1 saturated heterocycles. The standard InChI is InChI=1S/C11H19N3O5/c1-13-3-2-4-14(6-5-13)11(19)12-8(10(17)18)7-9(15)16/h8H,2-7H2,1H3,(H,12,19)(H,15,16)(H,17,18)/t8-/m1/s1. The molecule has 0 aromatic rings. The number of amides is 2. The Morgan fingerprint density at radius 3 is 2.42 bits per heavy atom. The summed E-state index contributed by atoms with van der Waals surface area (Å²) in [6.07, 6.45) is 0.176. The summed E-state index contributed by atoms with van der Waals surface area (Å²) in [5, 5.41) is 19.7. The van der Waals surface area contributed by atoms with Crippen molar-refractivity contribution in [3.8, 4) is 0 Å². The zero-order chi connectivity index (χ0) is 14.4. The Kier molecular flexibility index (Phi) is 5.56. The van der Waals surface area contributed by atoms with E-state index in [0.717, 1.165) is 13.0 Å². The van der Waals surface area contributed by atoms with Gasteiger partial charge in [-0.1, -0.05) is 0 Å². The van der Waals surface area contributed by atoms with Crippen molar-refractivity contribution in [3.63, 3.8) is 0 Å². The molecule has 1 aliphatic rings. The Hall–Kier alpha value is -1.83. The van der Waals surface area contributed by atoms with E-state index in [1.165, 1.54) is 4.90 Å². The van der Waals surface area contributed by atoms with E-state index in [9.17, 15) is 14.4 Å². The maximum absolute atomic E-state index is 11.9. The van der Waals surface area contributed by atoms with E-state index in [2.05, 4.69) is 10.2 Å². The van der Waals surface area contributed by atoms with Crippen LogP contribution >= 0.6 is 0 Å². The van der Waals surface area contributed by atoms with Crippen molar-refractivity contribution >= 4 is 18.0 Å². The Labute approximate surface area is 111 Å². The number of carbonyl (C=O) groups excluding carboxylic acids is 1. The van der Waals surface area contributed by atoms with E-state index in [0.29, 0.717) is 19.6 Å². The highest BCUT2D eigenvalue weighted by Crippen LogP contribution is 2.03. The molecular weight excluding hydrogens is 254 g/mol. The monoisotopic (exact) mass is 273 g/mol. The zero-order valence-corrected chi connectivity index (χ0v) is 10.8. The maximum Gasteiger partial charge on any atom is 0.326 e. The average molecular weight is 273 g/mol. The number of hydrogen-bond donors (Lipinski definition) is 3. The van der Waals surface area contributed by atoms with E-state index < -0.39 is 30.4 Å². The van der Waals surface area contributed by atoms with Crippen LogP contribution in [0.4, 0.5) is 4.79 Å². The van der Waals surface area contributed by atoms with Crippen molar-refractivity contribution in [1.29, 1.82) is 0 Å². The topological polar surface area (TPSA) is 110 Å². The maximum atomic E-state index is 11.9. The summed E-state index contributed by atoms with van der Waals surface area (Å²) in [5.74, 6) is -2.61. The third-order valence-electron chi connectivity index (χ3n) is 2.98. The fourth-order valence-corrected chi connectivity index (χ4v) is 1.86. The van der Waals surface area contributed by atoms with Gasteiger partial charge in [0.25, 0.3) is 0 Å². The molecule has 0 spiro atoms. The normalized spacial score (nSPS) is 18.5. The molecule has 0 aromatic heterocycles. The van der Waals surface area contributed by atoms with Gasteiger partial charge in [0, 0.05) is 19.6 Å². The number of aliphatic carboxylic acids is 2. The second-order valence-corrected chi connectivity index (χ2v) is 4.58. The highest BCUT2D eigenvalue weighted by atomic mass is 16.4. The molecule has 8 heteroatoms. The van der Waals surface area contributed by atoms with Crippen LogP contribution in [-0.2, 0) is 9.59 Å². The molecule has 1 fully saturated rings. The van der Waals surface area contributed by atoms with Crippen LogP contribution in [0.1, 0.15) is 12.8 Å². The molecule has 8 nitrogen and oxygen atoms in total. The summed E-state index contributed by atoms with van der Waals surface area (Å²) < 4.78 is 0. The molecule has 0 saturated carbocycles. The largest absolute Gasteiger partial charge is 0.481 e. The van der Waals surface area contributed by atoms with Gasteiger partial charge < -0.3 is 25.3 Å². The van der Waals surface area contributed by atoms with E-state index in [4.69, 9.17) is 10.2 Å². The number of nitrogens with zero attached hydrogens (tertiary/aromatic N) is 2. The minimum atomic E-state index is -1.40.